The van der Waals surface area contributed by atoms with Crippen LogP contribution in [-0.4, -0.2) is 102 Å². The van der Waals surface area contributed by atoms with Crippen LogP contribution < -0.4 is 10.1 Å². The van der Waals surface area contributed by atoms with Crippen LogP contribution >= 0.6 is 0 Å². The molecule has 1 aromatic heterocycles. The quantitative estimate of drug-likeness (QED) is 0.0134. The van der Waals surface area contributed by atoms with Crippen LogP contribution in [0.5, 0.6) is 5.75 Å². The fraction of sp³-hybridized carbons (Fsp3) is 0.570. The summed E-state index contributed by atoms with van der Waals surface area (Å²) < 4.78 is 7.33. The second-order valence-electron chi connectivity index (χ2n) is 27.1. The van der Waals surface area contributed by atoms with Crippen molar-refractivity contribution in [3.05, 3.63) is 138 Å². The number of ether oxygens (including phenoxy) is 1. The summed E-state index contributed by atoms with van der Waals surface area (Å²) in [6.45, 7) is 26.8. The van der Waals surface area contributed by atoms with Gasteiger partial charge >= 0.3 is 41.8 Å². The third kappa shape index (κ3) is 54.9. The van der Waals surface area contributed by atoms with Crippen molar-refractivity contribution in [1.29, 1.82) is 0 Å². The Labute approximate surface area is 580 Å². The highest BCUT2D eigenvalue weighted by molar-refractivity contribution is 5.88. The maximum atomic E-state index is 11.0. The molecule has 0 saturated carbocycles. The van der Waals surface area contributed by atoms with E-state index in [2.05, 4.69) is 91.9 Å². The minimum absolute atomic E-state index is 0.188. The number of para-hydroxylation sites is 1. The maximum Gasteiger partial charge on any atom is 0.303 e. The van der Waals surface area contributed by atoms with Gasteiger partial charge in [0.2, 0.25) is 6.41 Å². The number of carbonyl (C=O) groups is 8. The van der Waals surface area contributed by atoms with E-state index in [1.807, 2.05) is 119 Å². The molecule has 8 N–H and O–H groups in total. The van der Waals surface area contributed by atoms with Gasteiger partial charge in [0.15, 0.2) is 0 Å². The van der Waals surface area contributed by atoms with E-state index < -0.39 is 41.8 Å². The van der Waals surface area contributed by atoms with E-state index in [4.69, 9.17) is 40.5 Å². The van der Waals surface area contributed by atoms with Gasteiger partial charge in [0, 0.05) is 56.5 Å². The number of hydrogen-bond donors (Lipinski definition) is 8. The number of carbonyl (C=O) groups excluding carboxylic acids is 1. The van der Waals surface area contributed by atoms with Gasteiger partial charge in [0.1, 0.15) is 12.4 Å². The van der Waals surface area contributed by atoms with Gasteiger partial charge in [-0.1, -0.05) is 187 Å². The van der Waals surface area contributed by atoms with E-state index >= 15 is 0 Å². The summed E-state index contributed by atoms with van der Waals surface area (Å²) in [5.74, 6) is 0.408. The number of fused-ring (bicyclic) bond motifs is 1. The predicted molar refractivity (Wildman–Crippen MR) is 389 cm³/mol. The van der Waals surface area contributed by atoms with Crippen molar-refractivity contribution in [2.24, 2.45) is 53.3 Å². The van der Waals surface area contributed by atoms with Gasteiger partial charge in [-0.05, 0) is 184 Å². The molecule has 0 unspecified atom stereocenters. The highest BCUT2D eigenvalue weighted by atomic mass is 16.5. The fourth-order valence-corrected chi connectivity index (χ4v) is 9.90. The van der Waals surface area contributed by atoms with Gasteiger partial charge in [-0.2, -0.15) is 0 Å². The average molecular weight is 1360 g/mol. The molecular formula is C79H122N2O16. The van der Waals surface area contributed by atoms with Crippen LogP contribution in [0.3, 0.4) is 0 Å². The van der Waals surface area contributed by atoms with E-state index in [1.54, 1.807) is 4.57 Å². The molecule has 0 fully saturated rings. The summed E-state index contributed by atoms with van der Waals surface area (Å²) in [5, 5.41) is 63.5. The number of rotatable bonds is 39. The molecule has 1 heterocycles. The molecule has 6 atom stereocenters. The van der Waals surface area contributed by atoms with Crippen LogP contribution in [0.2, 0.25) is 0 Å². The van der Waals surface area contributed by atoms with Crippen molar-refractivity contribution in [3.8, 4) is 5.75 Å². The Morgan fingerprint density at radius 2 is 0.814 bits per heavy atom. The smallest absolute Gasteiger partial charge is 0.303 e. The second kappa shape index (κ2) is 56.2. The van der Waals surface area contributed by atoms with Crippen molar-refractivity contribution in [3.63, 3.8) is 0 Å². The van der Waals surface area contributed by atoms with Crippen LogP contribution in [0.4, 0.5) is 0 Å². The first-order valence-electron chi connectivity index (χ1n) is 34.8. The Bertz CT molecular complexity index is 2890. The van der Waals surface area contributed by atoms with E-state index in [1.165, 1.54) is 24.0 Å². The number of benzene rings is 4. The van der Waals surface area contributed by atoms with Crippen LogP contribution in [0.25, 0.3) is 10.9 Å². The normalized spacial score (nSPS) is 12.4. The topological polar surface area (TPSA) is 304 Å². The van der Waals surface area contributed by atoms with Crippen molar-refractivity contribution >= 4 is 59.1 Å². The predicted octanol–water partition coefficient (Wildman–Crippen LogP) is 17.8. The number of carboxylic acid groups (broad SMARTS) is 7. The van der Waals surface area contributed by atoms with Crippen LogP contribution in [0, 0.1) is 53.3 Å². The lowest BCUT2D eigenvalue weighted by Gasteiger charge is -2.12. The Hall–Kier alpha value is -7.86. The third-order valence-corrected chi connectivity index (χ3v) is 16.1. The molecule has 18 nitrogen and oxygen atoms in total. The zero-order valence-electron chi connectivity index (χ0n) is 60.8. The molecule has 0 radical (unpaired) electrons. The zero-order chi connectivity index (χ0) is 73.7. The molecule has 0 aliphatic rings. The maximum absolute atomic E-state index is 11.0. The van der Waals surface area contributed by atoms with Gasteiger partial charge in [0.25, 0.3) is 0 Å². The Balaban J connectivity index is 0. The highest BCUT2D eigenvalue weighted by Gasteiger charge is 2.14. The lowest BCUT2D eigenvalue weighted by atomic mass is 9.93. The Morgan fingerprint density at radius 1 is 0.423 bits per heavy atom. The standard InChI is InChI=1S/C19H22O3.C15H17NO3.C12H16O2.C10H21NO2.C9H18O2.C8H16O2.C6H12O2/c1-15(7-12-19(20)21)13-16-8-10-18(11-9-16)22-14-17-5-3-2-4-6-17;1-11(6-7-15(18)19)8-12-9-16(10-17)14-5-3-2-4-13(12)14;1-10(7-8-12(13)14)9-11-5-3-2-4-6-11;1-9(6-7-10(12)13)5-3-4-8-11-2;1-7(2)6-8(3)4-5-9(10)11;1-6(2)7(3)4-5-8(9)10;1-5(2)3-4-6(7)8/h2-6,8-11,15H,7,12-14H2,1H3,(H,20,21);2-5,9-11H,6-8H2,1H3,(H,18,19);2-6,10H,7-9H2,1H3,(H,13,14);9,11H,3-8H2,1-2H3,(H,12,13);7-8H,4-6H2,1-3H3,(H,10,11);6-7H,4-5H2,1-3H3,(H,9,10);5H,3-4H2,1-2H3,(H,7,8)/t15-;11-;10-;9-;8-;7-;/m111011./s1. The van der Waals surface area contributed by atoms with Crippen molar-refractivity contribution in [2.45, 2.75) is 225 Å². The number of carboxylic acids is 7. The first-order valence-corrected chi connectivity index (χ1v) is 34.8. The SMILES string of the molecule is CC(C)CCC(=O)O.CC(C)C[C@H](C)CCC(=O)O.CC(C)[C@H](C)CCC(=O)O.CNCCCC[C@H](C)CCC(=O)O.C[C@H](CCC(=O)O)Cc1ccc(OCc2ccccc2)cc1.C[C@H](CCC(=O)O)Cc1ccccc1.C[C@H](CCC(=O)O)Cc1cn(C=O)c2ccccc12. The monoisotopic (exact) mass is 1350 g/mol. The fourth-order valence-electron chi connectivity index (χ4n) is 9.90. The molecule has 18 heteroatoms. The summed E-state index contributed by atoms with van der Waals surface area (Å²) in [5.41, 5.74) is 5.64. The summed E-state index contributed by atoms with van der Waals surface area (Å²) in [6.07, 6.45) is 17.2. The van der Waals surface area contributed by atoms with Crippen molar-refractivity contribution < 1.29 is 78.8 Å². The summed E-state index contributed by atoms with van der Waals surface area (Å²) in [6, 6.07) is 36.1. The lowest BCUT2D eigenvalue weighted by molar-refractivity contribution is -0.138. The number of hydrogen-bond acceptors (Lipinski definition) is 10. The first-order chi connectivity index (χ1) is 45.8. The molecule has 544 valence electrons. The minimum atomic E-state index is -0.762. The molecule has 97 heavy (non-hydrogen) atoms. The molecule has 4 aromatic carbocycles. The second-order valence-corrected chi connectivity index (χ2v) is 27.1. The van der Waals surface area contributed by atoms with E-state index in [0.29, 0.717) is 92.5 Å². The molecular weight excluding hydrogens is 1230 g/mol. The number of nitrogens with one attached hydrogen (secondary N) is 1. The third-order valence-electron chi connectivity index (χ3n) is 16.1. The van der Waals surface area contributed by atoms with E-state index in [9.17, 15) is 38.4 Å². The van der Waals surface area contributed by atoms with Crippen molar-refractivity contribution in [1.82, 2.24) is 9.88 Å². The molecule has 5 rings (SSSR count). The largest absolute Gasteiger partial charge is 0.489 e. The summed E-state index contributed by atoms with van der Waals surface area (Å²) >= 11 is 0. The molecule has 0 bridgehead atoms. The highest BCUT2D eigenvalue weighted by Crippen LogP contribution is 2.25. The Kier molecular flexibility index (Phi) is 52.8. The van der Waals surface area contributed by atoms with Crippen LogP contribution in [-0.2, 0) is 64.2 Å². The molecule has 0 saturated heterocycles. The zero-order valence-corrected chi connectivity index (χ0v) is 60.8. The first kappa shape index (κ1) is 91.2. The Morgan fingerprint density at radius 3 is 1.23 bits per heavy atom. The number of nitrogens with zero attached hydrogens (tertiary/aromatic N) is 1. The van der Waals surface area contributed by atoms with E-state index in [-0.39, 0.29) is 25.2 Å². The minimum Gasteiger partial charge on any atom is -0.489 e. The van der Waals surface area contributed by atoms with Gasteiger partial charge < -0.3 is 45.8 Å². The average Bonchev–Trinajstić information content (AvgIpc) is 1.67. The van der Waals surface area contributed by atoms with Gasteiger partial charge in [-0.25, -0.2) is 0 Å². The lowest BCUT2D eigenvalue weighted by Crippen LogP contribution is -2.08. The molecule has 5 aromatic rings. The molecule has 0 aliphatic heterocycles. The number of aliphatic carboxylic acids is 7. The van der Waals surface area contributed by atoms with Gasteiger partial charge in [0.05, 0.1) is 5.52 Å². The molecule has 0 spiro atoms. The van der Waals surface area contributed by atoms with Gasteiger partial charge in [-0.3, -0.25) is 42.9 Å². The summed E-state index contributed by atoms with van der Waals surface area (Å²) in [7, 11) is 1.95. The number of unbranched alkanes of at least 4 members (excludes halogenated alkanes) is 1. The molecule has 0 amide bonds. The molecule has 0 aliphatic carbocycles. The van der Waals surface area contributed by atoms with Crippen LogP contribution in [0.15, 0.2) is 115 Å². The number of aromatic nitrogens is 1. The van der Waals surface area contributed by atoms with Gasteiger partial charge in [-0.15, -0.1) is 0 Å². The summed E-state index contributed by atoms with van der Waals surface area (Å²) in [4.78, 5) is 83.0. The van der Waals surface area contributed by atoms with Crippen LogP contribution in [0.1, 0.15) is 221 Å². The van der Waals surface area contributed by atoms with E-state index in [0.717, 1.165) is 105 Å². The van der Waals surface area contributed by atoms with Crippen molar-refractivity contribution in [2.75, 3.05) is 13.6 Å².